The number of anilines is 1. The highest BCUT2D eigenvalue weighted by Crippen LogP contribution is 2.26. The lowest BCUT2D eigenvalue weighted by atomic mass is 10.1. The number of hydrogen-bond donors (Lipinski definition) is 1. The van der Waals surface area contributed by atoms with Gasteiger partial charge in [-0.1, -0.05) is 15.9 Å². The maximum Gasteiger partial charge on any atom is 0.264 e. The van der Waals surface area contributed by atoms with Crippen LogP contribution in [0, 0.1) is 27.7 Å². The van der Waals surface area contributed by atoms with E-state index in [9.17, 15) is 4.79 Å². The van der Waals surface area contributed by atoms with Crippen LogP contribution in [0.2, 0.25) is 0 Å². The van der Waals surface area contributed by atoms with E-state index in [2.05, 4.69) is 26.2 Å². The summed E-state index contributed by atoms with van der Waals surface area (Å²) in [5.74, 6) is 0.515. The van der Waals surface area contributed by atoms with Crippen LogP contribution >= 0.6 is 27.3 Å². The molecular formula is C15H17BrN2O2S. The molecule has 2 rings (SSSR count). The number of amides is 1. The van der Waals surface area contributed by atoms with Crippen molar-refractivity contribution in [3.8, 4) is 5.75 Å². The molecule has 0 unspecified atom stereocenters. The highest BCUT2D eigenvalue weighted by molar-refractivity contribution is 9.10. The fourth-order valence-electron chi connectivity index (χ4n) is 1.73. The van der Waals surface area contributed by atoms with Crippen molar-refractivity contribution in [1.82, 2.24) is 4.98 Å². The van der Waals surface area contributed by atoms with Crippen molar-refractivity contribution < 1.29 is 9.53 Å². The van der Waals surface area contributed by atoms with Crippen molar-refractivity contribution in [1.29, 1.82) is 0 Å². The molecule has 4 nitrogen and oxygen atoms in total. The van der Waals surface area contributed by atoms with E-state index in [0.29, 0.717) is 5.13 Å². The van der Waals surface area contributed by atoms with Crippen molar-refractivity contribution in [3.63, 3.8) is 0 Å². The Balaban J connectivity index is 1.96. The van der Waals surface area contributed by atoms with Crippen LogP contribution in [0.5, 0.6) is 5.75 Å². The molecule has 0 bridgehead atoms. The summed E-state index contributed by atoms with van der Waals surface area (Å²) in [6.07, 6.45) is 0. The van der Waals surface area contributed by atoms with Crippen molar-refractivity contribution in [2.45, 2.75) is 27.7 Å². The first-order valence-corrected chi connectivity index (χ1v) is 8.11. The molecule has 0 aliphatic rings. The molecule has 1 heterocycles. The number of nitrogens with zero attached hydrogens (tertiary/aromatic N) is 1. The zero-order valence-corrected chi connectivity index (χ0v) is 14.8. The van der Waals surface area contributed by atoms with Crippen LogP contribution in [-0.2, 0) is 4.79 Å². The molecule has 0 saturated carbocycles. The zero-order valence-electron chi connectivity index (χ0n) is 12.4. The van der Waals surface area contributed by atoms with Gasteiger partial charge in [0.15, 0.2) is 11.7 Å². The number of carbonyl (C=O) groups excluding carboxylic acids is 1. The number of thiazole rings is 1. The SMILES string of the molecule is Cc1cc(OCC(=O)Nc2nc(C)c(C)s2)c(C)cc1Br. The van der Waals surface area contributed by atoms with E-state index in [0.717, 1.165) is 31.9 Å². The minimum Gasteiger partial charge on any atom is -0.483 e. The Hall–Kier alpha value is -1.40. The minimum atomic E-state index is -0.205. The van der Waals surface area contributed by atoms with Crippen LogP contribution in [0.4, 0.5) is 5.13 Å². The van der Waals surface area contributed by atoms with Gasteiger partial charge in [0.1, 0.15) is 5.75 Å². The molecule has 0 atom stereocenters. The molecule has 0 saturated heterocycles. The molecule has 0 spiro atoms. The maximum atomic E-state index is 11.9. The summed E-state index contributed by atoms with van der Waals surface area (Å²) in [5, 5.41) is 3.37. The summed E-state index contributed by atoms with van der Waals surface area (Å²) in [6.45, 7) is 7.81. The third-order valence-corrected chi connectivity index (χ3v) is 4.93. The Morgan fingerprint density at radius 1 is 1.29 bits per heavy atom. The lowest BCUT2D eigenvalue weighted by molar-refractivity contribution is -0.118. The molecule has 6 heteroatoms. The van der Waals surface area contributed by atoms with Gasteiger partial charge in [-0.25, -0.2) is 4.98 Å². The molecule has 1 N–H and O–H groups in total. The Morgan fingerprint density at radius 2 is 2.00 bits per heavy atom. The molecule has 1 amide bonds. The number of hydrogen-bond acceptors (Lipinski definition) is 4. The molecule has 1 aromatic carbocycles. The van der Waals surface area contributed by atoms with Gasteiger partial charge in [0.05, 0.1) is 5.69 Å². The Kier molecular flexibility index (Phi) is 5.00. The van der Waals surface area contributed by atoms with Crippen molar-refractivity contribution >= 4 is 38.3 Å². The highest BCUT2D eigenvalue weighted by Gasteiger charge is 2.10. The summed E-state index contributed by atoms with van der Waals surface area (Å²) in [4.78, 5) is 17.3. The summed E-state index contributed by atoms with van der Waals surface area (Å²) >= 11 is 4.94. The number of ether oxygens (including phenoxy) is 1. The van der Waals surface area contributed by atoms with Crippen LogP contribution in [0.15, 0.2) is 16.6 Å². The van der Waals surface area contributed by atoms with Gasteiger partial charge in [0.2, 0.25) is 0 Å². The zero-order chi connectivity index (χ0) is 15.6. The lowest BCUT2D eigenvalue weighted by Gasteiger charge is -2.10. The van der Waals surface area contributed by atoms with Crippen LogP contribution in [0.1, 0.15) is 21.7 Å². The first kappa shape index (κ1) is 16.0. The number of aromatic nitrogens is 1. The normalized spacial score (nSPS) is 10.5. The van der Waals surface area contributed by atoms with Crippen molar-refractivity contribution in [3.05, 3.63) is 38.3 Å². The van der Waals surface area contributed by atoms with Gasteiger partial charge < -0.3 is 4.74 Å². The Morgan fingerprint density at radius 3 is 2.62 bits per heavy atom. The highest BCUT2D eigenvalue weighted by atomic mass is 79.9. The smallest absolute Gasteiger partial charge is 0.264 e. The average molecular weight is 369 g/mol. The fourth-order valence-corrected chi connectivity index (χ4v) is 3.02. The number of halogens is 1. The van der Waals surface area contributed by atoms with Gasteiger partial charge >= 0.3 is 0 Å². The van der Waals surface area contributed by atoms with Gasteiger partial charge in [-0.05, 0) is 51.0 Å². The summed E-state index contributed by atoms with van der Waals surface area (Å²) in [7, 11) is 0. The second-order valence-electron chi connectivity index (χ2n) is 4.86. The molecule has 0 aliphatic heterocycles. The van der Waals surface area contributed by atoms with Crippen molar-refractivity contribution in [2.24, 2.45) is 0 Å². The number of rotatable bonds is 4. The predicted octanol–water partition coefficient (Wildman–Crippen LogP) is 4.16. The molecule has 0 radical (unpaired) electrons. The van der Waals surface area contributed by atoms with Gasteiger partial charge in [-0.2, -0.15) is 0 Å². The van der Waals surface area contributed by atoms with E-state index in [1.807, 2.05) is 39.8 Å². The topological polar surface area (TPSA) is 51.2 Å². The Labute approximate surface area is 136 Å². The van der Waals surface area contributed by atoms with Gasteiger partial charge in [-0.15, -0.1) is 11.3 Å². The van der Waals surface area contributed by atoms with Crippen LogP contribution in [0.25, 0.3) is 0 Å². The molecule has 1 aromatic heterocycles. The predicted molar refractivity (Wildman–Crippen MR) is 89.3 cm³/mol. The number of nitrogens with one attached hydrogen (secondary N) is 1. The minimum absolute atomic E-state index is 0.0282. The molecular weight excluding hydrogens is 352 g/mol. The number of benzene rings is 1. The third kappa shape index (κ3) is 4.04. The van der Waals surface area contributed by atoms with E-state index in [1.54, 1.807) is 0 Å². The summed E-state index contributed by atoms with van der Waals surface area (Å²) in [5.41, 5.74) is 3.00. The standard InChI is InChI=1S/C15H17BrN2O2S/c1-8-6-13(9(2)5-12(8)16)20-7-14(19)18-15-17-10(3)11(4)21-15/h5-6H,7H2,1-4H3,(H,17,18,19). The molecule has 112 valence electrons. The van der Waals surface area contributed by atoms with E-state index in [-0.39, 0.29) is 12.5 Å². The molecule has 0 fully saturated rings. The van der Waals surface area contributed by atoms with Gasteiger partial charge in [0.25, 0.3) is 5.91 Å². The van der Waals surface area contributed by atoms with E-state index < -0.39 is 0 Å². The van der Waals surface area contributed by atoms with Crippen LogP contribution in [-0.4, -0.2) is 17.5 Å². The molecule has 0 aliphatic carbocycles. The fraction of sp³-hybridized carbons (Fsp3) is 0.333. The number of aryl methyl sites for hydroxylation is 4. The van der Waals surface area contributed by atoms with E-state index in [1.165, 1.54) is 11.3 Å². The summed E-state index contributed by atoms with van der Waals surface area (Å²) < 4.78 is 6.62. The Bertz CT molecular complexity index is 663. The molecule has 21 heavy (non-hydrogen) atoms. The summed E-state index contributed by atoms with van der Waals surface area (Å²) in [6, 6.07) is 3.90. The van der Waals surface area contributed by atoms with Gasteiger partial charge in [-0.3, -0.25) is 10.1 Å². The van der Waals surface area contributed by atoms with E-state index in [4.69, 9.17) is 4.74 Å². The number of carbonyl (C=O) groups is 1. The van der Waals surface area contributed by atoms with E-state index >= 15 is 0 Å². The second kappa shape index (κ2) is 6.58. The van der Waals surface area contributed by atoms with Crippen LogP contribution in [0.3, 0.4) is 0 Å². The first-order chi connectivity index (χ1) is 9.86. The largest absolute Gasteiger partial charge is 0.483 e. The monoisotopic (exact) mass is 368 g/mol. The first-order valence-electron chi connectivity index (χ1n) is 6.50. The maximum absolute atomic E-state index is 11.9. The average Bonchev–Trinajstić information content (AvgIpc) is 2.71. The molecule has 2 aromatic rings. The second-order valence-corrected chi connectivity index (χ2v) is 6.92. The third-order valence-electron chi connectivity index (χ3n) is 3.09. The lowest BCUT2D eigenvalue weighted by Crippen LogP contribution is -2.20. The van der Waals surface area contributed by atoms with Gasteiger partial charge in [0, 0.05) is 9.35 Å². The van der Waals surface area contributed by atoms with Crippen molar-refractivity contribution in [2.75, 3.05) is 11.9 Å². The van der Waals surface area contributed by atoms with Crippen LogP contribution < -0.4 is 10.1 Å². The quantitative estimate of drug-likeness (QED) is 0.881.